The van der Waals surface area contributed by atoms with Crippen molar-refractivity contribution >= 4 is 0 Å². The fourth-order valence-corrected chi connectivity index (χ4v) is 1.19. The highest BCUT2D eigenvalue weighted by molar-refractivity contribution is 5.48. The van der Waals surface area contributed by atoms with Crippen LogP contribution < -0.4 is 0 Å². The Labute approximate surface area is 82.5 Å². The summed E-state index contributed by atoms with van der Waals surface area (Å²) in [6.45, 7) is 0. The van der Waals surface area contributed by atoms with E-state index in [1.165, 1.54) is 17.2 Å². The van der Waals surface area contributed by atoms with Gasteiger partial charge >= 0.3 is 0 Å². The van der Waals surface area contributed by atoms with Gasteiger partial charge in [0.25, 0.3) is 0 Å². The van der Waals surface area contributed by atoms with Gasteiger partial charge in [0.15, 0.2) is 11.6 Å². The maximum absolute atomic E-state index is 4.06. The molecule has 3 rings (SSSR count). The summed E-state index contributed by atoms with van der Waals surface area (Å²) in [5, 5.41) is 24.2. The maximum Gasteiger partial charge on any atom is 0.197 e. The van der Waals surface area contributed by atoms with Gasteiger partial charge in [0.05, 0.1) is 12.4 Å². The predicted octanol–water partition coefficient (Wildman–Crippen LogP) is -0.830. The van der Waals surface area contributed by atoms with Gasteiger partial charge in [0.2, 0.25) is 0 Å². The molecule has 9 heteroatoms. The Balaban J connectivity index is 2.15. The van der Waals surface area contributed by atoms with E-state index in [1.807, 2.05) is 0 Å². The van der Waals surface area contributed by atoms with Crippen LogP contribution in [-0.4, -0.2) is 45.6 Å². The topological polar surface area (TPSA) is 114 Å². The van der Waals surface area contributed by atoms with Crippen molar-refractivity contribution < 1.29 is 0 Å². The summed E-state index contributed by atoms with van der Waals surface area (Å²) in [4.78, 5) is 4.06. The second-order valence-electron chi connectivity index (χ2n) is 2.68. The lowest BCUT2D eigenvalue weighted by Crippen LogP contribution is -2.00. The molecule has 3 aromatic rings. The van der Waals surface area contributed by atoms with Crippen LogP contribution in [-0.2, 0) is 0 Å². The summed E-state index contributed by atoms with van der Waals surface area (Å²) in [6, 6.07) is 0. The molecule has 0 aliphatic rings. The summed E-state index contributed by atoms with van der Waals surface area (Å²) in [5.41, 5.74) is 0.593. The number of nitrogens with one attached hydrogen (secondary N) is 2. The van der Waals surface area contributed by atoms with E-state index in [4.69, 9.17) is 0 Å². The van der Waals surface area contributed by atoms with Gasteiger partial charge in [-0.05, 0) is 0 Å². The standard InChI is InChI=1S/C6H5N9/c1-4(11-13-8-1)6-7-3-10-15(6)5-2-9-14-12-5/h1-3H,(H,8,11,13)(H,9,12,14). The molecule has 0 aromatic carbocycles. The van der Waals surface area contributed by atoms with Crippen molar-refractivity contribution in [2.45, 2.75) is 0 Å². The first-order valence-corrected chi connectivity index (χ1v) is 4.07. The van der Waals surface area contributed by atoms with Gasteiger partial charge in [-0.15, -0.1) is 5.10 Å². The largest absolute Gasteiger partial charge is 0.213 e. The predicted molar refractivity (Wildman–Crippen MR) is 46.7 cm³/mol. The van der Waals surface area contributed by atoms with E-state index in [2.05, 4.69) is 40.9 Å². The highest BCUT2D eigenvalue weighted by Gasteiger charge is 2.12. The molecule has 3 aromatic heterocycles. The molecule has 15 heavy (non-hydrogen) atoms. The summed E-state index contributed by atoms with van der Waals surface area (Å²) in [7, 11) is 0. The van der Waals surface area contributed by atoms with Gasteiger partial charge in [0.1, 0.15) is 12.0 Å². The number of aromatic nitrogens is 9. The lowest BCUT2D eigenvalue weighted by Gasteiger charge is -1.96. The van der Waals surface area contributed by atoms with Crippen LogP contribution >= 0.6 is 0 Å². The molecule has 0 spiro atoms. The van der Waals surface area contributed by atoms with Crippen LogP contribution in [0, 0.1) is 0 Å². The molecule has 0 aliphatic heterocycles. The number of hydrogen-bond acceptors (Lipinski definition) is 6. The second-order valence-corrected chi connectivity index (χ2v) is 2.68. The highest BCUT2D eigenvalue weighted by Crippen LogP contribution is 2.13. The summed E-state index contributed by atoms with van der Waals surface area (Å²) < 4.78 is 1.52. The van der Waals surface area contributed by atoms with E-state index in [1.54, 1.807) is 6.20 Å². The van der Waals surface area contributed by atoms with Crippen LogP contribution in [0.5, 0.6) is 0 Å². The Kier molecular flexibility index (Phi) is 1.54. The minimum atomic E-state index is 0.547. The monoisotopic (exact) mass is 203 g/mol. The zero-order chi connectivity index (χ0) is 10.1. The van der Waals surface area contributed by atoms with Crippen molar-refractivity contribution in [1.82, 2.24) is 45.6 Å². The fraction of sp³-hybridized carbons (Fsp3) is 0. The minimum absolute atomic E-state index is 0.547. The molecule has 74 valence electrons. The molecule has 2 N–H and O–H groups in total. The molecule has 0 radical (unpaired) electrons. The Morgan fingerprint density at radius 3 is 2.67 bits per heavy atom. The first-order valence-electron chi connectivity index (χ1n) is 4.07. The first kappa shape index (κ1) is 7.79. The van der Waals surface area contributed by atoms with Gasteiger partial charge in [-0.2, -0.15) is 35.5 Å². The molecule has 0 saturated heterocycles. The van der Waals surface area contributed by atoms with Crippen LogP contribution in [0.3, 0.4) is 0 Å². The SMILES string of the molecule is c1nc(-c2cn[nH]n2)n(-c2cn[nH]n2)n1. The third-order valence-corrected chi connectivity index (χ3v) is 1.81. The van der Waals surface area contributed by atoms with Crippen LogP contribution in [0.2, 0.25) is 0 Å². The lowest BCUT2D eigenvalue weighted by molar-refractivity contribution is 0.829. The number of rotatable bonds is 2. The Hall–Kier alpha value is -2.58. The Bertz CT molecular complexity index is 484. The smallest absolute Gasteiger partial charge is 0.197 e. The molecule has 3 heterocycles. The normalized spacial score (nSPS) is 10.7. The van der Waals surface area contributed by atoms with Crippen molar-refractivity contribution in [3.8, 4) is 17.3 Å². The minimum Gasteiger partial charge on any atom is -0.213 e. The number of hydrogen-bond donors (Lipinski definition) is 2. The average Bonchev–Trinajstić information content (AvgIpc) is 3.01. The van der Waals surface area contributed by atoms with Crippen LogP contribution in [0.1, 0.15) is 0 Å². The van der Waals surface area contributed by atoms with Crippen molar-refractivity contribution in [2.75, 3.05) is 0 Å². The molecule has 0 amide bonds. The zero-order valence-corrected chi connectivity index (χ0v) is 7.36. The van der Waals surface area contributed by atoms with E-state index in [9.17, 15) is 0 Å². The van der Waals surface area contributed by atoms with Crippen LogP contribution in [0.15, 0.2) is 18.7 Å². The maximum atomic E-state index is 4.06. The zero-order valence-electron chi connectivity index (χ0n) is 7.36. The van der Waals surface area contributed by atoms with Gasteiger partial charge < -0.3 is 0 Å². The highest BCUT2D eigenvalue weighted by atomic mass is 15.4. The summed E-state index contributed by atoms with van der Waals surface area (Å²) >= 11 is 0. The van der Waals surface area contributed by atoms with Crippen molar-refractivity contribution in [1.29, 1.82) is 0 Å². The van der Waals surface area contributed by atoms with E-state index < -0.39 is 0 Å². The quantitative estimate of drug-likeness (QED) is 0.561. The van der Waals surface area contributed by atoms with E-state index in [0.717, 1.165) is 0 Å². The number of aromatic amines is 2. The number of nitrogens with zero attached hydrogens (tertiary/aromatic N) is 7. The Morgan fingerprint density at radius 2 is 1.93 bits per heavy atom. The van der Waals surface area contributed by atoms with Crippen LogP contribution in [0.25, 0.3) is 17.3 Å². The van der Waals surface area contributed by atoms with Crippen molar-refractivity contribution in [3.05, 3.63) is 18.7 Å². The molecule has 0 saturated carbocycles. The first-order chi connectivity index (χ1) is 7.45. The molecule has 0 bridgehead atoms. The van der Waals surface area contributed by atoms with Crippen molar-refractivity contribution in [3.63, 3.8) is 0 Å². The van der Waals surface area contributed by atoms with Crippen LogP contribution in [0.4, 0.5) is 0 Å². The molecular formula is C6H5N9. The molecule has 9 nitrogen and oxygen atoms in total. The van der Waals surface area contributed by atoms with Crippen molar-refractivity contribution in [2.24, 2.45) is 0 Å². The van der Waals surface area contributed by atoms with E-state index in [0.29, 0.717) is 17.3 Å². The summed E-state index contributed by atoms with van der Waals surface area (Å²) in [6.07, 6.45) is 4.51. The Morgan fingerprint density at radius 1 is 1.07 bits per heavy atom. The van der Waals surface area contributed by atoms with Gasteiger partial charge in [-0.3, -0.25) is 0 Å². The average molecular weight is 203 g/mol. The summed E-state index contributed by atoms with van der Waals surface area (Å²) in [5.74, 6) is 1.10. The third-order valence-electron chi connectivity index (χ3n) is 1.81. The van der Waals surface area contributed by atoms with E-state index >= 15 is 0 Å². The lowest BCUT2D eigenvalue weighted by atomic mass is 10.4. The van der Waals surface area contributed by atoms with Gasteiger partial charge in [-0.25, -0.2) is 4.98 Å². The second kappa shape index (κ2) is 2.97. The molecule has 0 atom stereocenters. The fourth-order valence-electron chi connectivity index (χ4n) is 1.19. The van der Waals surface area contributed by atoms with Gasteiger partial charge in [-0.1, -0.05) is 0 Å². The van der Waals surface area contributed by atoms with Gasteiger partial charge in [0, 0.05) is 0 Å². The molecule has 0 unspecified atom stereocenters. The molecule has 0 aliphatic carbocycles. The van der Waals surface area contributed by atoms with E-state index in [-0.39, 0.29) is 0 Å². The number of H-pyrrole nitrogens is 2. The molecule has 0 fully saturated rings. The molecular weight excluding hydrogens is 198 g/mol. The third kappa shape index (κ3) is 1.17.